The lowest BCUT2D eigenvalue weighted by molar-refractivity contribution is 0.378. The van der Waals surface area contributed by atoms with Crippen molar-refractivity contribution in [1.29, 1.82) is 0 Å². The van der Waals surface area contributed by atoms with Gasteiger partial charge in [-0.05, 0) is 53.3 Å². The van der Waals surface area contributed by atoms with E-state index in [1.165, 1.54) is 4.90 Å². The molecule has 0 spiro atoms. The summed E-state index contributed by atoms with van der Waals surface area (Å²) in [6, 6.07) is 18.6. The first kappa shape index (κ1) is 19.4. The number of hydrogen-bond acceptors (Lipinski definition) is 7. The van der Waals surface area contributed by atoms with E-state index < -0.39 is 0 Å². The second-order valence-corrected chi connectivity index (χ2v) is 8.56. The van der Waals surface area contributed by atoms with Gasteiger partial charge in [0, 0.05) is 27.6 Å². The van der Waals surface area contributed by atoms with E-state index in [1.54, 1.807) is 6.20 Å². The van der Waals surface area contributed by atoms with E-state index in [0.717, 1.165) is 44.5 Å². The molecule has 0 atom stereocenters. The van der Waals surface area contributed by atoms with E-state index >= 15 is 0 Å². The zero-order chi connectivity index (χ0) is 21.4. The van der Waals surface area contributed by atoms with Gasteiger partial charge >= 0.3 is 0 Å². The van der Waals surface area contributed by atoms with Crippen molar-refractivity contribution in [2.75, 3.05) is 18.1 Å². The zero-order valence-corrected chi connectivity index (χ0v) is 17.8. The van der Waals surface area contributed by atoms with E-state index in [2.05, 4.69) is 58.4 Å². The molecule has 2 aromatic carbocycles. The number of fused-ring (bicyclic) bond motifs is 2. The minimum Gasteiger partial charge on any atom is -0.471 e. The molecule has 154 valence electrons. The van der Waals surface area contributed by atoms with Crippen LogP contribution in [0.2, 0.25) is 0 Å². The summed E-state index contributed by atoms with van der Waals surface area (Å²) in [5.74, 6) is 7.62. The smallest absolute Gasteiger partial charge is 0.223 e. The highest BCUT2D eigenvalue weighted by Crippen LogP contribution is 2.33. The molecule has 4 aromatic rings. The number of rotatable bonds is 4. The van der Waals surface area contributed by atoms with Crippen LogP contribution in [0, 0.1) is 0 Å². The number of anilines is 1. The number of nitrogens with two attached hydrogens (primary N) is 2. The minimum atomic E-state index is 0.349. The highest BCUT2D eigenvalue weighted by atomic mass is 32.2. The molecule has 7 heteroatoms. The number of nitrogen functional groups attached to an aromatic ring is 1. The van der Waals surface area contributed by atoms with Crippen LogP contribution in [0.15, 0.2) is 70.8 Å². The molecule has 0 aliphatic carbocycles. The van der Waals surface area contributed by atoms with Crippen LogP contribution < -0.4 is 16.3 Å². The standard InChI is InChI=1S/C24H21N5OS/c1-2-31-18-6-3-14(4-7-18)19-10-16-9-15(5-8-21(16)28-23(19)25)17-11-20-22(29-26)13-30-24(20)27-12-17/h3-12H,2,13,26H2,1H3,(H2,25,28)/b29-22+. The normalized spacial score (nSPS) is 14.0. The monoisotopic (exact) mass is 427 g/mol. The molecule has 0 bridgehead atoms. The van der Waals surface area contributed by atoms with Crippen molar-refractivity contribution in [2.45, 2.75) is 11.8 Å². The molecule has 0 radical (unpaired) electrons. The van der Waals surface area contributed by atoms with E-state index in [-0.39, 0.29) is 0 Å². The van der Waals surface area contributed by atoms with Crippen molar-refractivity contribution >= 4 is 34.2 Å². The van der Waals surface area contributed by atoms with Crippen molar-refractivity contribution in [3.8, 4) is 28.1 Å². The number of hydrazone groups is 1. The van der Waals surface area contributed by atoms with Gasteiger partial charge in [0.25, 0.3) is 0 Å². The van der Waals surface area contributed by atoms with E-state index in [9.17, 15) is 0 Å². The molecule has 0 amide bonds. The number of aromatic nitrogens is 2. The largest absolute Gasteiger partial charge is 0.471 e. The van der Waals surface area contributed by atoms with Crippen molar-refractivity contribution in [3.05, 3.63) is 66.4 Å². The maximum absolute atomic E-state index is 6.29. The maximum atomic E-state index is 6.29. The van der Waals surface area contributed by atoms with Gasteiger partial charge in [-0.3, -0.25) is 0 Å². The topological polar surface area (TPSA) is 99.4 Å². The second-order valence-electron chi connectivity index (χ2n) is 7.23. The number of benzene rings is 2. The van der Waals surface area contributed by atoms with Gasteiger partial charge in [-0.25, -0.2) is 9.97 Å². The first-order valence-corrected chi connectivity index (χ1v) is 11.0. The van der Waals surface area contributed by atoms with Gasteiger partial charge in [0.2, 0.25) is 5.88 Å². The zero-order valence-electron chi connectivity index (χ0n) is 17.0. The van der Waals surface area contributed by atoms with Crippen LogP contribution in [-0.4, -0.2) is 28.0 Å². The number of nitrogens with zero attached hydrogens (tertiary/aromatic N) is 3. The van der Waals surface area contributed by atoms with Crippen LogP contribution in [0.4, 0.5) is 5.82 Å². The third-order valence-corrected chi connectivity index (χ3v) is 6.21. The number of pyridine rings is 2. The summed E-state index contributed by atoms with van der Waals surface area (Å²) < 4.78 is 5.52. The molecule has 31 heavy (non-hydrogen) atoms. The summed E-state index contributed by atoms with van der Waals surface area (Å²) in [7, 11) is 0. The van der Waals surface area contributed by atoms with Gasteiger partial charge in [-0.1, -0.05) is 25.1 Å². The molecule has 0 saturated carbocycles. The molecule has 1 aliphatic heterocycles. The van der Waals surface area contributed by atoms with Crippen LogP contribution >= 0.6 is 11.8 Å². The molecule has 0 fully saturated rings. The van der Waals surface area contributed by atoms with Crippen molar-refractivity contribution in [1.82, 2.24) is 9.97 Å². The summed E-state index contributed by atoms with van der Waals surface area (Å²) >= 11 is 1.82. The minimum absolute atomic E-state index is 0.349. The van der Waals surface area contributed by atoms with Gasteiger partial charge in [0.15, 0.2) is 0 Å². The molecule has 6 nitrogen and oxygen atoms in total. The van der Waals surface area contributed by atoms with Crippen LogP contribution in [0.1, 0.15) is 12.5 Å². The Balaban J connectivity index is 1.56. The maximum Gasteiger partial charge on any atom is 0.223 e. The Bertz CT molecular complexity index is 1320. The first-order valence-electron chi connectivity index (χ1n) is 10.00. The average Bonchev–Trinajstić information content (AvgIpc) is 3.21. The van der Waals surface area contributed by atoms with E-state index in [1.807, 2.05) is 30.0 Å². The van der Waals surface area contributed by atoms with Crippen molar-refractivity contribution in [3.63, 3.8) is 0 Å². The fourth-order valence-electron chi connectivity index (χ4n) is 3.75. The molecule has 5 rings (SSSR count). The third-order valence-electron chi connectivity index (χ3n) is 5.32. The Kier molecular flexibility index (Phi) is 4.95. The SMILES string of the molecule is CCSc1ccc(-c2cc3cc(-c4cnc5c(c4)/C(=N/N)CO5)ccc3nc2N)cc1. The lowest BCUT2D eigenvalue weighted by atomic mass is 10.00. The average molecular weight is 428 g/mol. The number of hydrogen-bond donors (Lipinski definition) is 2. The fourth-order valence-corrected chi connectivity index (χ4v) is 4.41. The van der Waals surface area contributed by atoms with Gasteiger partial charge in [-0.2, -0.15) is 5.10 Å². The Labute approximate surface area is 184 Å². The molecular weight excluding hydrogens is 406 g/mol. The van der Waals surface area contributed by atoms with E-state index in [4.69, 9.17) is 16.3 Å². The van der Waals surface area contributed by atoms with E-state index in [0.29, 0.717) is 24.0 Å². The Morgan fingerprint density at radius 3 is 2.58 bits per heavy atom. The van der Waals surface area contributed by atoms with Gasteiger partial charge in [0.1, 0.15) is 18.1 Å². The molecule has 0 unspecified atom stereocenters. The molecule has 4 N–H and O–H groups in total. The summed E-state index contributed by atoms with van der Waals surface area (Å²) in [6.07, 6.45) is 1.80. The van der Waals surface area contributed by atoms with Crippen LogP contribution in [0.3, 0.4) is 0 Å². The highest BCUT2D eigenvalue weighted by molar-refractivity contribution is 7.99. The molecule has 2 aromatic heterocycles. The first-order chi connectivity index (χ1) is 15.2. The highest BCUT2D eigenvalue weighted by Gasteiger charge is 2.21. The van der Waals surface area contributed by atoms with Crippen LogP contribution in [0.25, 0.3) is 33.2 Å². The summed E-state index contributed by atoms with van der Waals surface area (Å²) in [4.78, 5) is 10.3. The Hall–Kier alpha value is -3.58. The number of ether oxygens (including phenoxy) is 1. The molecule has 3 heterocycles. The molecule has 0 saturated heterocycles. The lowest BCUT2D eigenvalue weighted by Gasteiger charge is -2.10. The summed E-state index contributed by atoms with van der Waals surface area (Å²) in [5.41, 5.74) is 12.6. The quantitative estimate of drug-likeness (QED) is 0.278. The van der Waals surface area contributed by atoms with Crippen LogP contribution in [-0.2, 0) is 0 Å². The van der Waals surface area contributed by atoms with Crippen molar-refractivity contribution in [2.24, 2.45) is 10.9 Å². The van der Waals surface area contributed by atoms with Crippen LogP contribution in [0.5, 0.6) is 5.88 Å². The van der Waals surface area contributed by atoms with Gasteiger partial charge in [0.05, 0.1) is 11.1 Å². The summed E-state index contributed by atoms with van der Waals surface area (Å²) in [5, 5.41) is 4.82. The third kappa shape index (κ3) is 3.57. The molecular formula is C24H21N5OS. The fraction of sp³-hybridized carbons (Fsp3) is 0.125. The Morgan fingerprint density at radius 1 is 1.00 bits per heavy atom. The predicted molar refractivity (Wildman–Crippen MR) is 127 cm³/mol. The Morgan fingerprint density at radius 2 is 1.81 bits per heavy atom. The molecule has 1 aliphatic rings. The number of thioether (sulfide) groups is 1. The van der Waals surface area contributed by atoms with Crippen molar-refractivity contribution < 1.29 is 4.74 Å². The second kappa shape index (κ2) is 7.92. The lowest BCUT2D eigenvalue weighted by Crippen LogP contribution is -2.05. The summed E-state index contributed by atoms with van der Waals surface area (Å²) in [6.45, 7) is 2.50. The van der Waals surface area contributed by atoms with Gasteiger partial charge in [-0.15, -0.1) is 11.8 Å². The predicted octanol–water partition coefficient (Wildman–Crippen LogP) is 4.71. The van der Waals surface area contributed by atoms with Gasteiger partial charge < -0.3 is 16.3 Å².